The summed E-state index contributed by atoms with van der Waals surface area (Å²) in [4.78, 5) is 0. The molecule has 0 saturated heterocycles. The first-order valence-electron chi connectivity index (χ1n) is 7.43. The molecule has 0 unspecified atom stereocenters. The van der Waals surface area contributed by atoms with E-state index in [0.717, 1.165) is 12.8 Å². The highest BCUT2D eigenvalue weighted by Crippen LogP contribution is 2.28. The molecule has 20 heavy (non-hydrogen) atoms. The Morgan fingerprint density at radius 2 is 1.65 bits per heavy atom. The Morgan fingerprint density at radius 1 is 0.850 bits per heavy atom. The molecule has 0 heterocycles. The summed E-state index contributed by atoms with van der Waals surface area (Å²) >= 11 is 0. The van der Waals surface area contributed by atoms with Crippen molar-refractivity contribution in [2.24, 2.45) is 0 Å². The summed E-state index contributed by atoms with van der Waals surface area (Å²) in [6.07, 6.45) is 10.3. The Hall–Kier alpha value is -2.08. The summed E-state index contributed by atoms with van der Waals surface area (Å²) in [5.41, 5.74) is 6.73. The van der Waals surface area contributed by atoms with Crippen LogP contribution in [0.1, 0.15) is 30.9 Å². The first-order valence-corrected chi connectivity index (χ1v) is 7.43. The highest BCUT2D eigenvalue weighted by atomic mass is 14.1. The van der Waals surface area contributed by atoms with Crippen molar-refractivity contribution in [1.29, 1.82) is 0 Å². The van der Waals surface area contributed by atoms with Crippen molar-refractivity contribution < 1.29 is 0 Å². The largest absolute Gasteiger partial charge is 0.0836 e. The SMILES string of the molecule is CCc1cc(C2=CCCC=C2)cc(-c2ccccc2)c1. The molecule has 0 amide bonds. The zero-order chi connectivity index (χ0) is 13.8. The first kappa shape index (κ1) is 12.9. The number of benzene rings is 2. The maximum absolute atomic E-state index is 2.35. The Morgan fingerprint density at radius 3 is 2.35 bits per heavy atom. The summed E-state index contributed by atoms with van der Waals surface area (Å²) in [5, 5.41) is 0. The first-order chi connectivity index (χ1) is 9.86. The monoisotopic (exact) mass is 260 g/mol. The van der Waals surface area contributed by atoms with Gasteiger partial charge in [-0.25, -0.2) is 0 Å². The molecule has 2 aromatic rings. The molecule has 0 aromatic heterocycles. The third kappa shape index (κ3) is 2.75. The maximum Gasteiger partial charge on any atom is -0.0175 e. The summed E-state index contributed by atoms with van der Waals surface area (Å²) in [6, 6.07) is 17.6. The number of hydrogen-bond acceptors (Lipinski definition) is 0. The van der Waals surface area contributed by atoms with Crippen molar-refractivity contribution >= 4 is 5.57 Å². The lowest BCUT2D eigenvalue weighted by molar-refractivity contribution is 1.04. The van der Waals surface area contributed by atoms with Crippen LogP contribution in [0.3, 0.4) is 0 Å². The summed E-state index contributed by atoms with van der Waals surface area (Å²) in [6.45, 7) is 2.22. The Kier molecular flexibility index (Phi) is 3.83. The Balaban J connectivity index is 2.08. The van der Waals surface area contributed by atoms with Crippen molar-refractivity contribution in [2.45, 2.75) is 26.2 Å². The van der Waals surface area contributed by atoms with Crippen LogP contribution in [-0.4, -0.2) is 0 Å². The standard InChI is InChI=1S/C20H20/c1-2-16-13-19(17-9-5-3-6-10-17)15-20(14-16)18-11-7-4-8-12-18/h3,5-7,9-15H,2,4,8H2,1H3. The van der Waals surface area contributed by atoms with Gasteiger partial charge in [-0.3, -0.25) is 0 Å². The zero-order valence-electron chi connectivity index (χ0n) is 12.0. The summed E-state index contributed by atoms with van der Waals surface area (Å²) < 4.78 is 0. The molecule has 100 valence electrons. The van der Waals surface area contributed by atoms with Crippen LogP contribution >= 0.6 is 0 Å². The van der Waals surface area contributed by atoms with Crippen LogP contribution in [-0.2, 0) is 6.42 Å². The van der Waals surface area contributed by atoms with Gasteiger partial charge in [-0.2, -0.15) is 0 Å². The molecular formula is C20H20. The van der Waals surface area contributed by atoms with Crippen LogP contribution in [0, 0.1) is 0 Å². The van der Waals surface area contributed by atoms with E-state index in [9.17, 15) is 0 Å². The number of aryl methyl sites for hydroxylation is 1. The fourth-order valence-electron chi connectivity index (χ4n) is 2.69. The van der Waals surface area contributed by atoms with E-state index >= 15 is 0 Å². The predicted molar refractivity (Wildman–Crippen MR) is 87.6 cm³/mol. The van der Waals surface area contributed by atoms with Gasteiger partial charge in [-0.05, 0) is 53.2 Å². The van der Waals surface area contributed by atoms with Crippen LogP contribution in [0.4, 0.5) is 0 Å². The number of allylic oxidation sites excluding steroid dienone is 4. The zero-order valence-corrected chi connectivity index (χ0v) is 12.0. The lowest BCUT2D eigenvalue weighted by Gasteiger charge is -2.12. The van der Waals surface area contributed by atoms with Gasteiger partial charge in [-0.15, -0.1) is 0 Å². The molecule has 0 radical (unpaired) electrons. The van der Waals surface area contributed by atoms with Crippen molar-refractivity contribution in [3.8, 4) is 11.1 Å². The maximum atomic E-state index is 2.35. The lowest BCUT2D eigenvalue weighted by atomic mass is 9.93. The molecule has 0 spiro atoms. The minimum Gasteiger partial charge on any atom is -0.0836 e. The van der Waals surface area contributed by atoms with Crippen molar-refractivity contribution in [3.05, 3.63) is 77.9 Å². The molecular weight excluding hydrogens is 240 g/mol. The Labute approximate surface area is 121 Å². The van der Waals surface area contributed by atoms with E-state index in [1.165, 1.54) is 34.2 Å². The molecule has 0 N–H and O–H groups in total. The predicted octanol–water partition coefficient (Wildman–Crippen LogP) is 5.65. The van der Waals surface area contributed by atoms with E-state index in [0.29, 0.717) is 0 Å². The normalized spacial score (nSPS) is 14.2. The second-order valence-corrected chi connectivity index (χ2v) is 5.28. The molecule has 0 aliphatic heterocycles. The van der Waals surface area contributed by atoms with Crippen LogP contribution < -0.4 is 0 Å². The van der Waals surface area contributed by atoms with Crippen molar-refractivity contribution in [3.63, 3.8) is 0 Å². The van der Waals surface area contributed by atoms with Gasteiger partial charge < -0.3 is 0 Å². The fraction of sp³-hybridized carbons (Fsp3) is 0.200. The molecule has 2 aromatic carbocycles. The van der Waals surface area contributed by atoms with E-state index < -0.39 is 0 Å². The van der Waals surface area contributed by atoms with E-state index in [-0.39, 0.29) is 0 Å². The fourth-order valence-corrected chi connectivity index (χ4v) is 2.69. The van der Waals surface area contributed by atoms with E-state index in [1.54, 1.807) is 0 Å². The minimum atomic E-state index is 1.07. The van der Waals surface area contributed by atoms with Crippen molar-refractivity contribution in [1.82, 2.24) is 0 Å². The van der Waals surface area contributed by atoms with Gasteiger partial charge in [0.1, 0.15) is 0 Å². The second kappa shape index (κ2) is 5.92. The van der Waals surface area contributed by atoms with Gasteiger partial charge >= 0.3 is 0 Å². The highest BCUT2D eigenvalue weighted by molar-refractivity contribution is 5.79. The molecule has 0 nitrogen and oxygen atoms in total. The van der Waals surface area contributed by atoms with Gasteiger partial charge in [0, 0.05) is 0 Å². The summed E-state index contributed by atoms with van der Waals surface area (Å²) in [7, 11) is 0. The average Bonchev–Trinajstić information content (AvgIpc) is 2.56. The molecule has 0 atom stereocenters. The second-order valence-electron chi connectivity index (χ2n) is 5.28. The van der Waals surface area contributed by atoms with Crippen LogP contribution in [0.15, 0.2) is 66.8 Å². The molecule has 0 saturated carbocycles. The van der Waals surface area contributed by atoms with Crippen LogP contribution in [0.2, 0.25) is 0 Å². The highest BCUT2D eigenvalue weighted by Gasteiger charge is 2.06. The van der Waals surface area contributed by atoms with Gasteiger partial charge in [0.15, 0.2) is 0 Å². The lowest BCUT2D eigenvalue weighted by Crippen LogP contribution is -1.91. The average molecular weight is 260 g/mol. The molecule has 1 aliphatic rings. The van der Waals surface area contributed by atoms with Crippen LogP contribution in [0.25, 0.3) is 16.7 Å². The molecule has 3 rings (SSSR count). The van der Waals surface area contributed by atoms with E-state index in [1.807, 2.05) is 0 Å². The third-order valence-electron chi connectivity index (χ3n) is 3.84. The number of hydrogen-bond donors (Lipinski definition) is 0. The van der Waals surface area contributed by atoms with E-state index in [4.69, 9.17) is 0 Å². The molecule has 1 aliphatic carbocycles. The van der Waals surface area contributed by atoms with Gasteiger partial charge in [0.25, 0.3) is 0 Å². The topological polar surface area (TPSA) is 0 Å². The molecule has 0 fully saturated rings. The smallest absolute Gasteiger partial charge is 0.0175 e. The van der Waals surface area contributed by atoms with E-state index in [2.05, 4.69) is 73.7 Å². The van der Waals surface area contributed by atoms with Gasteiger partial charge in [-0.1, -0.05) is 67.6 Å². The third-order valence-corrected chi connectivity index (χ3v) is 3.84. The van der Waals surface area contributed by atoms with Gasteiger partial charge in [0.05, 0.1) is 0 Å². The summed E-state index contributed by atoms with van der Waals surface area (Å²) in [5.74, 6) is 0. The molecule has 0 heteroatoms. The van der Waals surface area contributed by atoms with Crippen molar-refractivity contribution in [2.75, 3.05) is 0 Å². The minimum absolute atomic E-state index is 1.07. The quantitative estimate of drug-likeness (QED) is 0.669. The Bertz CT molecular complexity index is 645. The van der Waals surface area contributed by atoms with Crippen LogP contribution in [0.5, 0.6) is 0 Å². The molecule has 0 bridgehead atoms. The number of rotatable bonds is 3. The van der Waals surface area contributed by atoms with Gasteiger partial charge in [0.2, 0.25) is 0 Å².